The van der Waals surface area contributed by atoms with Crippen molar-refractivity contribution < 1.29 is 4.74 Å². The van der Waals surface area contributed by atoms with Crippen molar-refractivity contribution in [3.05, 3.63) is 0 Å². The molecule has 0 radical (unpaired) electrons. The predicted molar refractivity (Wildman–Crippen MR) is 65.2 cm³/mol. The van der Waals surface area contributed by atoms with E-state index in [0.29, 0.717) is 6.04 Å². The summed E-state index contributed by atoms with van der Waals surface area (Å²) < 4.78 is 6.11. The van der Waals surface area contributed by atoms with E-state index in [1.165, 1.54) is 38.5 Å². The smallest absolute Gasteiger partial charge is 0.0834 e. The summed E-state index contributed by atoms with van der Waals surface area (Å²) in [5.41, 5.74) is 0.137. The minimum Gasteiger partial charge on any atom is -0.374 e. The second-order valence-corrected chi connectivity index (χ2v) is 4.58. The lowest BCUT2D eigenvalue weighted by Gasteiger charge is -2.43. The van der Waals surface area contributed by atoms with E-state index in [9.17, 15) is 0 Å². The van der Waals surface area contributed by atoms with E-state index in [1.54, 1.807) is 0 Å². The fourth-order valence-electron chi connectivity index (χ4n) is 2.98. The number of likely N-dealkylation sites (N-methyl/N-ethyl adjacent to an activating group) is 1. The zero-order chi connectivity index (χ0) is 11.1. The molecule has 0 saturated heterocycles. The first-order valence-electron chi connectivity index (χ1n) is 6.66. The molecule has 0 aliphatic heterocycles. The van der Waals surface area contributed by atoms with Crippen LogP contribution in [0.5, 0.6) is 0 Å². The molecular formula is C13H27NO. The van der Waals surface area contributed by atoms with Crippen LogP contribution in [0.25, 0.3) is 0 Å². The first-order valence-corrected chi connectivity index (χ1v) is 6.66. The molecule has 2 heteroatoms. The van der Waals surface area contributed by atoms with Crippen LogP contribution in [0.2, 0.25) is 0 Å². The highest BCUT2D eigenvalue weighted by atomic mass is 16.5. The van der Waals surface area contributed by atoms with Crippen LogP contribution < -0.4 is 5.32 Å². The molecule has 1 saturated carbocycles. The molecule has 0 aromatic heterocycles. The molecule has 90 valence electrons. The molecule has 0 bridgehead atoms. The average Bonchev–Trinajstić information content (AvgIpc) is 2.27. The molecule has 1 fully saturated rings. The highest BCUT2D eigenvalue weighted by Gasteiger charge is 2.39. The molecule has 1 N–H and O–H groups in total. The van der Waals surface area contributed by atoms with E-state index in [-0.39, 0.29) is 5.60 Å². The Bertz CT molecular complexity index is 158. The van der Waals surface area contributed by atoms with E-state index >= 15 is 0 Å². The van der Waals surface area contributed by atoms with Gasteiger partial charge >= 0.3 is 0 Å². The predicted octanol–water partition coefficient (Wildman–Crippen LogP) is 3.11. The molecule has 0 amide bonds. The summed E-state index contributed by atoms with van der Waals surface area (Å²) in [5, 5.41) is 3.60. The Morgan fingerprint density at radius 2 is 1.80 bits per heavy atom. The lowest BCUT2D eigenvalue weighted by atomic mass is 9.78. The third kappa shape index (κ3) is 3.18. The lowest BCUT2D eigenvalue weighted by molar-refractivity contribution is -0.0902. The number of hydrogen-bond donors (Lipinski definition) is 1. The summed E-state index contributed by atoms with van der Waals surface area (Å²) in [6, 6.07) is 0.544. The van der Waals surface area contributed by atoms with E-state index in [1.807, 2.05) is 0 Å². The largest absolute Gasteiger partial charge is 0.374 e. The van der Waals surface area contributed by atoms with Gasteiger partial charge in [-0.25, -0.2) is 0 Å². The minimum atomic E-state index is 0.137. The van der Waals surface area contributed by atoms with Crippen LogP contribution in [-0.2, 0) is 4.74 Å². The monoisotopic (exact) mass is 213 g/mol. The van der Waals surface area contributed by atoms with Gasteiger partial charge in [-0.3, -0.25) is 0 Å². The summed E-state index contributed by atoms with van der Waals surface area (Å²) in [5.74, 6) is 0. The van der Waals surface area contributed by atoms with Crippen LogP contribution in [-0.4, -0.2) is 24.8 Å². The van der Waals surface area contributed by atoms with Crippen molar-refractivity contribution in [3.8, 4) is 0 Å². The second-order valence-electron chi connectivity index (χ2n) is 4.58. The number of nitrogens with one attached hydrogen (secondary N) is 1. The highest BCUT2D eigenvalue weighted by Crippen LogP contribution is 2.35. The van der Waals surface area contributed by atoms with Crippen LogP contribution in [0.1, 0.15) is 59.3 Å². The Balaban J connectivity index is 2.67. The molecule has 1 atom stereocenters. The normalized spacial score (nSPS) is 22.6. The number of hydrogen-bond acceptors (Lipinski definition) is 2. The zero-order valence-corrected chi connectivity index (χ0v) is 10.6. The van der Waals surface area contributed by atoms with Crippen molar-refractivity contribution in [1.82, 2.24) is 5.32 Å². The van der Waals surface area contributed by atoms with Gasteiger partial charge in [0, 0.05) is 12.6 Å². The van der Waals surface area contributed by atoms with Gasteiger partial charge in [-0.05, 0) is 32.7 Å². The first-order chi connectivity index (χ1) is 7.29. The third-order valence-corrected chi connectivity index (χ3v) is 3.63. The van der Waals surface area contributed by atoms with Crippen LogP contribution in [0.3, 0.4) is 0 Å². The van der Waals surface area contributed by atoms with Crippen LogP contribution in [0.15, 0.2) is 0 Å². The maximum absolute atomic E-state index is 6.11. The number of ether oxygens (including phenoxy) is 1. The highest BCUT2D eigenvalue weighted by molar-refractivity contribution is 4.94. The van der Waals surface area contributed by atoms with Gasteiger partial charge in [0.1, 0.15) is 0 Å². The first kappa shape index (κ1) is 13.0. The summed E-state index contributed by atoms with van der Waals surface area (Å²) in [6.07, 6.45) is 7.72. The van der Waals surface area contributed by atoms with Crippen molar-refractivity contribution in [1.29, 1.82) is 0 Å². The van der Waals surface area contributed by atoms with Gasteiger partial charge < -0.3 is 10.1 Å². The molecule has 0 spiro atoms. The SMILES string of the molecule is CCNC(CC)C1(OCC)CCCCC1. The summed E-state index contributed by atoms with van der Waals surface area (Å²) in [7, 11) is 0. The van der Waals surface area contributed by atoms with Crippen molar-refractivity contribution in [3.63, 3.8) is 0 Å². The topological polar surface area (TPSA) is 21.3 Å². The Morgan fingerprint density at radius 3 is 2.27 bits per heavy atom. The molecule has 1 aliphatic rings. The van der Waals surface area contributed by atoms with Gasteiger partial charge in [-0.15, -0.1) is 0 Å². The Morgan fingerprint density at radius 1 is 1.13 bits per heavy atom. The fourth-order valence-corrected chi connectivity index (χ4v) is 2.98. The van der Waals surface area contributed by atoms with Gasteiger partial charge in [0.2, 0.25) is 0 Å². The standard InChI is InChI=1S/C13H27NO/c1-4-12(14-5-2)13(15-6-3)10-8-7-9-11-13/h12,14H,4-11H2,1-3H3. The van der Waals surface area contributed by atoms with E-state index in [2.05, 4.69) is 26.1 Å². The Kier molecular flexibility index (Phi) is 5.62. The summed E-state index contributed by atoms with van der Waals surface area (Å²) >= 11 is 0. The molecule has 1 unspecified atom stereocenters. The van der Waals surface area contributed by atoms with Crippen LogP contribution in [0.4, 0.5) is 0 Å². The zero-order valence-electron chi connectivity index (χ0n) is 10.6. The average molecular weight is 213 g/mol. The second kappa shape index (κ2) is 6.49. The molecule has 1 rings (SSSR count). The maximum Gasteiger partial charge on any atom is 0.0834 e. The van der Waals surface area contributed by atoms with E-state index < -0.39 is 0 Å². The summed E-state index contributed by atoms with van der Waals surface area (Å²) in [4.78, 5) is 0. The van der Waals surface area contributed by atoms with Crippen molar-refractivity contribution >= 4 is 0 Å². The van der Waals surface area contributed by atoms with Gasteiger partial charge in [-0.2, -0.15) is 0 Å². The van der Waals surface area contributed by atoms with E-state index in [0.717, 1.165) is 13.2 Å². The molecule has 1 aliphatic carbocycles. The van der Waals surface area contributed by atoms with Crippen LogP contribution in [0, 0.1) is 0 Å². The van der Waals surface area contributed by atoms with Gasteiger partial charge in [0.05, 0.1) is 5.60 Å². The molecule has 2 nitrogen and oxygen atoms in total. The fraction of sp³-hybridized carbons (Fsp3) is 1.00. The van der Waals surface area contributed by atoms with Crippen molar-refractivity contribution in [2.75, 3.05) is 13.2 Å². The molecular weight excluding hydrogens is 186 g/mol. The van der Waals surface area contributed by atoms with E-state index in [4.69, 9.17) is 4.74 Å². The lowest BCUT2D eigenvalue weighted by Crippen LogP contribution is -2.53. The van der Waals surface area contributed by atoms with Crippen LogP contribution >= 0.6 is 0 Å². The van der Waals surface area contributed by atoms with Gasteiger partial charge in [0.25, 0.3) is 0 Å². The van der Waals surface area contributed by atoms with Gasteiger partial charge in [-0.1, -0.05) is 33.1 Å². The minimum absolute atomic E-state index is 0.137. The molecule has 0 aromatic carbocycles. The maximum atomic E-state index is 6.11. The Hall–Kier alpha value is -0.0800. The van der Waals surface area contributed by atoms with Crippen molar-refractivity contribution in [2.45, 2.75) is 70.9 Å². The molecule has 15 heavy (non-hydrogen) atoms. The molecule has 0 aromatic rings. The van der Waals surface area contributed by atoms with Crippen molar-refractivity contribution in [2.24, 2.45) is 0 Å². The Labute approximate surface area is 94.8 Å². The third-order valence-electron chi connectivity index (χ3n) is 3.63. The quantitative estimate of drug-likeness (QED) is 0.732. The summed E-state index contributed by atoms with van der Waals surface area (Å²) in [6.45, 7) is 8.47. The van der Waals surface area contributed by atoms with Gasteiger partial charge in [0.15, 0.2) is 0 Å². The molecule has 0 heterocycles. The number of rotatable bonds is 6.